The average Bonchev–Trinajstić information content (AvgIpc) is 4.13. The zero-order chi connectivity index (χ0) is 52.8. The van der Waals surface area contributed by atoms with Gasteiger partial charge in [0, 0.05) is 47.8 Å². The maximum Gasteiger partial charge on any atom is 0.407 e. The van der Waals surface area contributed by atoms with Gasteiger partial charge in [0.15, 0.2) is 0 Å². The number of aldehydes is 1. The molecule has 3 aromatic carbocycles. The van der Waals surface area contributed by atoms with Gasteiger partial charge in [0.2, 0.25) is 29.5 Å². The SMILES string of the molecule is CC[C@H](C)[C@H](NC(=O)[C@H](CC(=O)O)NC(=O)[C@H](CC(C)C)NC(=O)[C@H](Cc1cnc[nH]1)NC(=O)OCC1c2ccccc2-c2ccccc21)C(=O)N[C@H](C(=O)N[C@H](C=O)Cc1c[nH]c2ccccc12)[C@@H](C)CC. The number of imidazole rings is 1. The second-order valence-corrected chi connectivity index (χ2v) is 19.2. The molecular formula is C54H67N9O10. The highest BCUT2D eigenvalue weighted by molar-refractivity contribution is 5.98. The number of rotatable bonds is 26. The van der Waals surface area contributed by atoms with Gasteiger partial charge in [0.05, 0.1) is 18.8 Å². The number of nitrogens with one attached hydrogen (secondary N) is 8. The molecule has 0 aliphatic heterocycles. The van der Waals surface area contributed by atoms with Gasteiger partial charge in [-0.15, -0.1) is 0 Å². The Morgan fingerprint density at radius 3 is 1.82 bits per heavy atom. The summed E-state index contributed by atoms with van der Waals surface area (Å²) in [4.78, 5) is 119. The molecule has 73 heavy (non-hydrogen) atoms. The monoisotopic (exact) mass is 1000 g/mol. The third-order valence-corrected chi connectivity index (χ3v) is 13.5. The van der Waals surface area contributed by atoms with Crippen LogP contribution in [0.15, 0.2) is 91.5 Å². The summed E-state index contributed by atoms with van der Waals surface area (Å²) in [5, 5.41) is 26.8. The standard InChI is InChI=1S/C54H67N9O10/c1-7-31(5)47(52(70)58-35(27-64)22-33-25-56-42-20-14-13-15-36(33)42)63-53(71)48(32(6)8-2)62-51(69)45(24-46(65)66)60-49(67)43(21-30(3)4)59-50(68)44(23-34-26-55-29-57-34)61-54(72)73-28-41-39-18-11-9-16-37(39)38-17-10-12-19-40(38)41/h9-20,25-27,29-32,35,41,43-45,47-48,56H,7-8,21-24,28H2,1-6H3,(H,55,57)(H,58,70)(H,59,68)(H,60,67)(H,61,72)(H,62,69)(H,63,71)(H,65,66)/t31-,32-,35-,43-,44-,45-,47-,48-/m0/s1. The van der Waals surface area contributed by atoms with Crippen molar-refractivity contribution in [2.45, 2.75) is 122 Å². The normalized spacial score (nSPS) is 15.2. The predicted octanol–water partition coefficient (Wildman–Crippen LogP) is 4.82. The van der Waals surface area contributed by atoms with Crippen molar-refractivity contribution in [3.05, 3.63) is 114 Å². The maximum atomic E-state index is 14.2. The lowest BCUT2D eigenvalue weighted by molar-refractivity contribution is -0.142. The predicted molar refractivity (Wildman–Crippen MR) is 273 cm³/mol. The number of nitrogens with zero attached hydrogens (tertiary/aromatic N) is 1. The van der Waals surface area contributed by atoms with Crippen molar-refractivity contribution in [2.75, 3.05) is 6.61 Å². The van der Waals surface area contributed by atoms with Crippen LogP contribution in [0, 0.1) is 17.8 Å². The number of carbonyl (C=O) groups is 8. The lowest BCUT2D eigenvalue weighted by atomic mass is 9.94. The molecule has 0 unspecified atom stereocenters. The molecule has 2 heterocycles. The molecule has 19 nitrogen and oxygen atoms in total. The molecule has 2 aromatic heterocycles. The van der Waals surface area contributed by atoms with E-state index >= 15 is 0 Å². The Balaban J connectivity index is 1.13. The molecule has 8 atom stereocenters. The lowest BCUT2D eigenvalue weighted by Gasteiger charge is -2.30. The largest absolute Gasteiger partial charge is 0.481 e. The number of fused-ring (bicyclic) bond motifs is 4. The number of H-pyrrole nitrogens is 2. The van der Waals surface area contributed by atoms with Crippen molar-refractivity contribution in [3.63, 3.8) is 0 Å². The zero-order valence-corrected chi connectivity index (χ0v) is 42.0. The number of alkyl carbamates (subject to hydrolysis) is 1. The van der Waals surface area contributed by atoms with Crippen LogP contribution in [0.25, 0.3) is 22.0 Å². The first-order valence-corrected chi connectivity index (χ1v) is 24.8. The summed E-state index contributed by atoms with van der Waals surface area (Å²) in [6.07, 6.45) is 4.53. The molecule has 0 saturated carbocycles. The summed E-state index contributed by atoms with van der Waals surface area (Å²) in [5.41, 5.74) is 6.25. The quantitative estimate of drug-likeness (QED) is 0.0339. The van der Waals surface area contributed by atoms with E-state index < -0.39 is 96.1 Å². The Bertz CT molecular complexity index is 2690. The first kappa shape index (κ1) is 54.5. The van der Waals surface area contributed by atoms with Crippen LogP contribution in [-0.2, 0) is 51.1 Å². The molecule has 388 valence electrons. The van der Waals surface area contributed by atoms with E-state index in [4.69, 9.17) is 4.74 Å². The van der Waals surface area contributed by atoms with Gasteiger partial charge in [0.25, 0.3) is 0 Å². The number of aromatic nitrogens is 3. The smallest absolute Gasteiger partial charge is 0.407 e. The lowest BCUT2D eigenvalue weighted by Crippen LogP contribution is -2.61. The molecular weight excluding hydrogens is 935 g/mol. The second kappa shape index (κ2) is 25.5. The summed E-state index contributed by atoms with van der Waals surface area (Å²) in [5.74, 6) is -6.85. The summed E-state index contributed by atoms with van der Waals surface area (Å²) < 4.78 is 5.75. The number of amides is 6. The fourth-order valence-electron chi connectivity index (χ4n) is 9.08. The molecule has 0 spiro atoms. The van der Waals surface area contributed by atoms with Crippen LogP contribution in [0.3, 0.4) is 0 Å². The summed E-state index contributed by atoms with van der Waals surface area (Å²) >= 11 is 0. The van der Waals surface area contributed by atoms with Gasteiger partial charge in [-0.25, -0.2) is 9.78 Å². The Kier molecular flexibility index (Phi) is 19.1. The van der Waals surface area contributed by atoms with Crippen LogP contribution in [-0.4, -0.2) is 111 Å². The zero-order valence-electron chi connectivity index (χ0n) is 42.0. The van der Waals surface area contributed by atoms with Gasteiger partial charge in [-0.2, -0.15) is 0 Å². The minimum Gasteiger partial charge on any atom is -0.481 e. The summed E-state index contributed by atoms with van der Waals surface area (Å²) in [7, 11) is 0. The van der Waals surface area contributed by atoms with Crippen molar-refractivity contribution < 1.29 is 48.2 Å². The third kappa shape index (κ3) is 14.2. The van der Waals surface area contributed by atoms with Crippen LogP contribution in [0.2, 0.25) is 0 Å². The highest BCUT2D eigenvalue weighted by Crippen LogP contribution is 2.44. The van der Waals surface area contributed by atoms with Crippen LogP contribution in [0.4, 0.5) is 4.79 Å². The van der Waals surface area contributed by atoms with Crippen LogP contribution < -0.4 is 31.9 Å². The number of carboxylic acids is 1. The number of carboxylic acid groups (broad SMARTS) is 1. The Morgan fingerprint density at radius 2 is 1.23 bits per heavy atom. The van der Waals surface area contributed by atoms with Gasteiger partial charge in [-0.05, 0) is 58.1 Å². The van der Waals surface area contributed by atoms with Gasteiger partial charge in [0.1, 0.15) is 43.1 Å². The van der Waals surface area contributed by atoms with Gasteiger partial charge < -0.3 is 56.5 Å². The van der Waals surface area contributed by atoms with E-state index in [0.29, 0.717) is 24.8 Å². The Morgan fingerprint density at radius 1 is 0.671 bits per heavy atom. The molecule has 9 N–H and O–H groups in total. The molecule has 0 bridgehead atoms. The summed E-state index contributed by atoms with van der Waals surface area (Å²) in [6, 6.07) is 15.6. The molecule has 6 rings (SSSR count). The van der Waals surface area contributed by atoms with E-state index in [-0.39, 0.29) is 37.7 Å². The Labute approximate surface area is 424 Å². The third-order valence-electron chi connectivity index (χ3n) is 13.5. The highest BCUT2D eigenvalue weighted by Gasteiger charge is 2.37. The minimum absolute atomic E-state index is 0.0219. The summed E-state index contributed by atoms with van der Waals surface area (Å²) in [6.45, 7) is 10.7. The number of para-hydroxylation sites is 1. The number of ether oxygens (including phenoxy) is 1. The minimum atomic E-state index is -1.72. The van der Waals surface area contributed by atoms with Gasteiger partial charge in [-0.3, -0.25) is 28.8 Å². The molecule has 5 aromatic rings. The first-order chi connectivity index (χ1) is 35.0. The van der Waals surface area contributed by atoms with Crippen molar-refractivity contribution in [1.29, 1.82) is 0 Å². The fraction of sp³-hybridized carbons (Fsp3) is 0.426. The molecule has 1 aliphatic carbocycles. The van der Waals surface area contributed by atoms with Crippen molar-refractivity contribution >= 4 is 58.8 Å². The number of aromatic amines is 2. The molecule has 19 heteroatoms. The molecule has 0 fully saturated rings. The molecule has 0 saturated heterocycles. The Hall–Kier alpha value is -7.83. The van der Waals surface area contributed by atoms with Gasteiger partial charge >= 0.3 is 12.1 Å². The van der Waals surface area contributed by atoms with Crippen molar-refractivity contribution in [3.8, 4) is 11.1 Å². The van der Waals surface area contributed by atoms with E-state index in [9.17, 15) is 43.5 Å². The number of hydrogen-bond acceptors (Lipinski definition) is 10. The van der Waals surface area contributed by atoms with E-state index in [1.54, 1.807) is 40.8 Å². The topological polar surface area (TPSA) is 283 Å². The maximum absolute atomic E-state index is 14.2. The van der Waals surface area contributed by atoms with Gasteiger partial charge in [-0.1, -0.05) is 121 Å². The van der Waals surface area contributed by atoms with E-state index in [0.717, 1.165) is 38.7 Å². The second-order valence-electron chi connectivity index (χ2n) is 19.2. The van der Waals surface area contributed by atoms with Crippen LogP contribution in [0.1, 0.15) is 95.5 Å². The van der Waals surface area contributed by atoms with Crippen LogP contribution >= 0.6 is 0 Å². The number of carbonyl (C=O) groups excluding carboxylic acids is 7. The average molecular weight is 1000 g/mol. The highest BCUT2D eigenvalue weighted by atomic mass is 16.5. The molecule has 0 radical (unpaired) electrons. The molecule has 1 aliphatic rings. The number of aliphatic carboxylic acids is 1. The van der Waals surface area contributed by atoms with E-state index in [1.165, 1.54) is 12.5 Å². The fourth-order valence-corrected chi connectivity index (χ4v) is 9.08. The van der Waals surface area contributed by atoms with E-state index in [2.05, 4.69) is 46.9 Å². The van der Waals surface area contributed by atoms with E-state index in [1.807, 2.05) is 79.7 Å². The van der Waals surface area contributed by atoms with Crippen LogP contribution in [0.5, 0.6) is 0 Å². The number of hydrogen-bond donors (Lipinski definition) is 9. The first-order valence-electron chi connectivity index (χ1n) is 24.8. The van der Waals surface area contributed by atoms with Crippen molar-refractivity contribution in [2.24, 2.45) is 17.8 Å². The van der Waals surface area contributed by atoms with Crippen molar-refractivity contribution in [1.82, 2.24) is 46.9 Å². The molecule has 6 amide bonds. The number of benzene rings is 3.